The van der Waals surface area contributed by atoms with Gasteiger partial charge in [-0.1, -0.05) is 127 Å². The molecule has 0 saturated heterocycles. The predicted molar refractivity (Wildman–Crippen MR) is 224 cm³/mol. The van der Waals surface area contributed by atoms with Gasteiger partial charge < -0.3 is 0 Å². The molecule has 3 aromatic heterocycles. The Kier molecular flexibility index (Phi) is 7.07. The molecule has 6 nitrogen and oxygen atoms in total. The molecule has 0 spiro atoms. The molecule has 0 unspecified atom stereocenters. The van der Waals surface area contributed by atoms with Crippen LogP contribution in [0.15, 0.2) is 182 Å². The Hall–Kier alpha value is -7.57. The molecule has 0 aliphatic carbocycles. The van der Waals surface area contributed by atoms with Gasteiger partial charge in [0.25, 0.3) is 0 Å². The van der Waals surface area contributed by atoms with Crippen molar-refractivity contribution in [2.24, 2.45) is 0 Å². The molecule has 6 heteroatoms. The highest BCUT2D eigenvalue weighted by Crippen LogP contribution is 2.38. The second-order valence-electron chi connectivity index (χ2n) is 13.7. The molecule has 11 aromatic rings. The van der Waals surface area contributed by atoms with E-state index < -0.39 is 0 Å². The van der Waals surface area contributed by atoms with E-state index >= 15 is 0 Å². The quantitative estimate of drug-likeness (QED) is 0.167. The summed E-state index contributed by atoms with van der Waals surface area (Å²) in [5.74, 6) is 2.71. The number of pyridine rings is 1. The highest BCUT2D eigenvalue weighted by atomic mass is 15.1. The summed E-state index contributed by atoms with van der Waals surface area (Å²) in [6, 6.07) is 59.2. The third-order valence-electron chi connectivity index (χ3n) is 10.5. The second-order valence-corrected chi connectivity index (χ2v) is 13.7. The third kappa shape index (κ3) is 5.15. The summed E-state index contributed by atoms with van der Waals surface area (Å²) in [6.45, 7) is 0. The van der Waals surface area contributed by atoms with Crippen molar-refractivity contribution in [2.45, 2.75) is 0 Å². The van der Waals surface area contributed by atoms with Crippen LogP contribution in [-0.4, -0.2) is 29.5 Å². The predicted octanol–water partition coefficient (Wildman–Crippen LogP) is 11.9. The molecule has 11 rings (SSSR count). The van der Waals surface area contributed by atoms with E-state index in [2.05, 4.69) is 155 Å². The van der Waals surface area contributed by atoms with E-state index in [9.17, 15) is 0 Å². The van der Waals surface area contributed by atoms with E-state index in [1.165, 1.54) is 10.8 Å². The lowest BCUT2D eigenvalue weighted by Gasteiger charge is -2.14. The standard InChI is InChI=1S/C49H30N6/c1-2-12-32(13-3-1)49-51-44-30-50-27-26-45(44)55(49)35-24-22-31(23-25-35)46-52-47(42-28-33-14-4-6-16-36(33)38-18-8-10-20-40(38)42)54-48(53-46)43-29-34-15-5-7-17-37(34)39-19-9-11-21-41(39)43/h1-30H. The maximum absolute atomic E-state index is 5.31. The van der Waals surface area contributed by atoms with Crippen LogP contribution in [0.4, 0.5) is 0 Å². The van der Waals surface area contributed by atoms with Gasteiger partial charge in [0.05, 0.1) is 11.7 Å². The molecule has 0 bridgehead atoms. The molecular weight excluding hydrogens is 673 g/mol. The minimum absolute atomic E-state index is 0.601. The molecule has 0 saturated carbocycles. The lowest BCUT2D eigenvalue weighted by molar-refractivity contribution is 1.07. The van der Waals surface area contributed by atoms with Crippen molar-refractivity contribution in [1.29, 1.82) is 0 Å². The Bertz CT molecular complexity index is 3120. The van der Waals surface area contributed by atoms with E-state index in [-0.39, 0.29) is 0 Å². The van der Waals surface area contributed by atoms with Gasteiger partial charge in [-0.3, -0.25) is 9.55 Å². The monoisotopic (exact) mass is 702 g/mol. The molecule has 55 heavy (non-hydrogen) atoms. The van der Waals surface area contributed by atoms with Gasteiger partial charge in [0.1, 0.15) is 11.3 Å². The minimum atomic E-state index is 0.601. The van der Waals surface area contributed by atoms with Crippen molar-refractivity contribution < 1.29 is 0 Å². The van der Waals surface area contributed by atoms with Gasteiger partial charge >= 0.3 is 0 Å². The van der Waals surface area contributed by atoms with Gasteiger partial charge in [-0.25, -0.2) is 19.9 Å². The van der Waals surface area contributed by atoms with Gasteiger partial charge in [-0.05, 0) is 85.6 Å². The number of hydrogen-bond donors (Lipinski definition) is 0. The first kappa shape index (κ1) is 31.0. The summed E-state index contributed by atoms with van der Waals surface area (Å²) in [5, 5.41) is 9.19. The SMILES string of the molecule is c1ccc(-c2nc3cnccc3n2-c2ccc(-c3nc(-c4cc5ccccc5c5ccccc45)nc(-c4cc5ccccc5c5ccccc45)n3)cc2)cc1. The summed E-state index contributed by atoms with van der Waals surface area (Å²) in [7, 11) is 0. The molecular formula is C49H30N6. The molecule has 0 aliphatic rings. The summed E-state index contributed by atoms with van der Waals surface area (Å²) in [5.41, 5.74) is 6.64. The number of hydrogen-bond acceptors (Lipinski definition) is 5. The Morgan fingerprint density at radius 2 is 0.891 bits per heavy atom. The number of benzene rings is 8. The van der Waals surface area contributed by atoms with Crippen LogP contribution in [0.5, 0.6) is 0 Å². The van der Waals surface area contributed by atoms with Gasteiger partial charge in [0, 0.05) is 34.1 Å². The number of imidazole rings is 1. The van der Waals surface area contributed by atoms with Crippen LogP contribution in [0.3, 0.4) is 0 Å². The first-order chi connectivity index (χ1) is 27.3. The molecule has 0 amide bonds. The van der Waals surface area contributed by atoms with Crippen molar-refractivity contribution >= 4 is 54.1 Å². The van der Waals surface area contributed by atoms with Gasteiger partial charge in [-0.15, -0.1) is 0 Å². The minimum Gasteiger partial charge on any atom is -0.292 e. The summed E-state index contributed by atoms with van der Waals surface area (Å²) in [4.78, 5) is 25.2. The van der Waals surface area contributed by atoms with Crippen molar-refractivity contribution in [3.63, 3.8) is 0 Å². The van der Waals surface area contributed by atoms with Crippen molar-refractivity contribution in [3.05, 3.63) is 182 Å². The fraction of sp³-hybridized carbons (Fsp3) is 0. The Balaban J connectivity index is 1.14. The van der Waals surface area contributed by atoms with Crippen molar-refractivity contribution in [1.82, 2.24) is 29.5 Å². The summed E-state index contributed by atoms with van der Waals surface area (Å²) in [6.07, 6.45) is 3.62. The third-order valence-corrected chi connectivity index (χ3v) is 10.5. The maximum Gasteiger partial charge on any atom is 0.164 e. The molecule has 0 fully saturated rings. The van der Waals surface area contributed by atoms with E-state index in [0.717, 1.165) is 77.1 Å². The maximum atomic E-state index is 5.31. The van der Waals surface area contributed by atoms with E-state index in [1.807, 2.05) is 36.7 Å². The zero-order valence-corrected chi connectivity index (χ0v) is 29.5. The number of fused-ring (bicyclic) bond motifs is 7. The number of nitrogens with zero attached hydrogens (tertiary/aromatic N) is 6. The van der Waals surface area contributed by atoms with Crippen molar-refractivity contribution in [3.8, 4) is 51.2 Å². The molecule has 3 heterocycles. The Morgan fingerprint density at radius 3 is 1.49 bits per heavy atom. The number of rotatable bonds is 5. The van der Waals surface area contributed by atoms with Crippen LogP contribution < -0.4 is 0 Å². The lowest BCUT2D eigenvalue weighted by Crippen LogP contribution is -2.02. The normalized spacial score (nSPS) is 11.6. The Morgan fingerprint density at radius 1 is 0.382 bits per heavy atom. The van der Waals surface area contributed by atoms with Gasteiger partial charge in [0.15, 0.2) is 17.5 Å². The average molecular weight is 703 g/mol. The summed E-state index contributed by atoms with van der Waals surface area (Å²) >= 11 is 0. The molecule has 0 atom stereocenters. The summed E-state index contributed by atoms with van der Waals surface area (Å²) < 4.78 is 2.18. The van der Waals surface area contributed by atoms with Crippen LogP contribution in [0.1, 0.15) is 0 Å². The zero-order valence-electron chi connectivity index (χ0n) is 29.5. The van der Waals surface area contributed by atoms with Crippen LogP contribution in [0.2, 0.25) is 0 Å². The molecule has 256 valence electrons. The molecule has 0 N–H and O–H groups in total. The van der Waals surface area contributed by atoms with E-state index in [0.29, 0.717) is 17.5 Å². The smallest absolute Gasteiger partial charge is 0.164 e. The van der Waals surface area contributed by atoms with Crippen LogP contribution in [0.25, 0.3) is 105 Å². The van der Waals surface area contributed by atoms with Crippen LogP contribution in [0, 0.1) is 0 Å². The van der Waals surface area contributed by atoms with E-state index in [1.54, 1.807) is 0 Å². The highest BCUT2D eigenvalue weighted by molar-refractivity contribution is 6.14. The molecule has 0 radical (unpaired) electrons. The Labute approximate surface area is 316 Å². The first-order valence-corrected chi connectivity index (χ1v) is 18.3. The first-order valence-electron chi connectivity index (χ1n) is 18.3. The fourth-order valence-electron chi connectivity index (χ4n) is 7.96. The fourth-order valence-corrected chi connectivity index (χ4v) is 7.96. The topological polar surface area (TPSA) is 69.4 Å². The van der Waals surface area contributed by atoms with Crippen LogP contribution >= 0.6 is 0 Å². The van der Waals surface area contributed by atoms with Gasteiger partial charge in [-0.2, -0.15) is 0 Å². The largest absolute Gasteiger partial charge is 0.292 e. The average Bonchev–Trinajstić information content (AvgIpc) is 3.66. The molecule has 8 aromatic carbocycles. The highest BCUT2D eigenvalue weighted by Gasteiger charge is 2.19. The second kappa shape index (κ2) is 12.5. The number of aromatic nitrogens is 6. The van der Waals surface area contributed by atoms with E-state index in [4.69, 9.17) is 19.9 Å². The zero-order chi connectivity index (χ0) is 36.3. The lowest BCUT2D eigenvalue weighted by atomic mass is 9.96. The van der Waals surface area contributed by atoms with Crippen LogP contribution in [-0.2, 0) is 0 Å². The van der Waals surface area contributed by atoms with Crippen molar-refractivity contribution in [2.75, 3.05) is 0 Å². The van der Waals surface area contributed by atoms with Gasteiger partial charge in [0.2, 0.25) is 0 Å². The molecule has 0 aliphatic heterocycles.